The van der Waals surface area contributed by atoms with Gasteiger partial charge in [-0.05, 0) is 48.4 Å². The van der Waals surface area contributed by atoms with Gasteiger partial charge in [0.25, 0.3) is 0 Å². The second-order valence-electron chi connectivity index (χ2n) is 8.93. The summed E-state index contributed by atoms with van der Waals surface area (Å²) in [6.45, 7) is 16.9. The van der Waals surface area contributed by atoms with E-state index >= 15 is 0 Å². The predicted octanol–water partition coefficient (Wildman–Crippen LogP) is 6.11. The summed E-state index contributed by atoms with van der Waals surface area (Å²) < 4.78 is 0. The highest BCUT2D eigenvalue weighted by molar-refractivity contribution is 5.72. The van der Waals surface area contributed by atoms with E-state index in [-0.39, 0.29) is 16.4 Å². The molecule has 0 aromatic heterocycles. The highest BCUT2D eigenvalue weighted by atomic mass is 15.3. The maximum atomic E-state index is 2.72. The van der Waals surface area contributed by atoms with E-state index in [2.05, 4.69) is 95.8 Å². The smallest absolute Gasteiger partial charge is 0.0694 e. The van der Waals surface area contributed by atoms with Gasteiger partial charge in [0.1, 0.15) is 0 Å². The Bertz CT molecular complexity index is 830. The lowest BCUT2D eigenvalue weighted by molar-refractivity contribution is 0.0652. The van der Waals surface area contributed by atoms with Gasteiger partial charge >= 0.3 is 0 Å². The Morgan fingerprint density at radius 2 is 1.46 bits per heavy atom. The van der Waals surface area contributed by atoms with Gasteiger partial charge < -0.3 is 4.90 Å². The minimum absolute atomic E-state index is 0.00831. The average Bonchev–Trinajstić information content (AvgIpc) is 2.77. The number of rotatable bonds is 0. The quantitative estimate of drug-likeness (QED) is 0.566. The third-order valence-electron chi connectivity index (χ3n) is 7.74. The molecule has 0 N–H and O–H groups in total. The van der Waals surface area contributed by atoms with Crippen molar-refractivity contribution in [1.29, 1.82) is 0 Å². The van der Waals surface area contributed by atoms with E-state index in [0.717, 1.165) is 0 Å². The lowest BCUT2D eigenvalue weighted by Crippen LogP contribution is -2.62. The van der Waals surface area contributed by atoms with E-state index in [9.17, 15) is 0 Å². The van der Waals surface area contributed by atoms with Gasteiger partial charge in [0.05, 0.1) is 11.6 Å². The molecule has 0 bridgehead atoms. The zero-order valence-corrected chi connectivity index (χ0v) is 16.1. The molecule has 0 spiro atoms. The zero-order valence-electron chi connectivity index (χ0n) is 16.1. The van der Waals surface area contributed by atoms with Crippen LogP contribution in [0.2, 0.25) is 0 Å². The van der Waals surface area contributed by atoms with Crippen LogP contribution in [0.4, 0.5) is 5.69 Å². The molecule has 0 saturated carbocycles. The maximum Gasteiger partial charge on any atom is 0.0694 e. The molecule has 2 atom stereocenters. The Labute approximate surface area is 146 Å². The molecule has 0 radical (unpaired) electrons. The Kier molecular flexibility index (Phi) is 2.92. The van der Waals surface area contributed by atoms with Crippen LogP contribution < -0.4 is 4.90 Å². The monoisotopic (exact) mass is 319 g/mol. The fourth-order valence-corrected chi connectivity index (χ4v) is 5.44. The van der Waals surface area contributed by atoms with Crippen molar-refractivity contribution in [3.05, 3.63) is 64.7 Å². The Hall–Kier alpha value is -1.76. The summed E-state index contributed by atoms with van der Waals surface area (Å²) in [6, 6.07) is 16.3. The molecule has 1 nitrogen and oxygen atoms in total. The average molecular weight is 319 g/mol. The molecule has 24 heavy (non-hydrogen) atoms. The number of fused-ring (bicyclic) bond motifs is 5. The molecule has 1 heteroatoms. The number of hydrogen-bond donors (Lipinski definition) is 0. The highest BCUT2D eigenvalue weighted by Crippen LogP contribution is 2.67. The number of nitrogens with zero attached hydrogens (tertiary/aromatic N) is 1. The van der Waals surface area contributed by atoms with Crippen LogP contribution in [0.5, 0.6) is 0 Å². The van der Waals surface area contributed by atoms with Crippen LogP contribution in [0.3, 0.4) is 0 Å². The second-order valence-corrected chi connectivity index (χ2v) is 8.93. The molecule has 0 fully saturated rings. The third-order valence-corrected chi connectivity index (χ3v) is 7.74. The van der Waals surface area contributed by atoms with Gasteiger partial charge in [-0.25, -0.2) is 0 Å². The first-order chi connectivity index (χ1) is 11.2. The van der Waals surface area contributed by atoms with Crippen molar-refractivity contribution in [2.45, 2.75) is 65.5 Å². The van der Waals surface area contributed by atoms with Crippen LogP contribution in [-0.4, -0.2) is 0 Å². The van der Waals surface area contributed by atoms with Gasteiger partial charge in [-0.1, -0.05) is 70.2 Å². The van der Waals surface area contributed by atoms with E-state index in [1.165, 1.54) is 27.9 Å². The first-order valence-electron chi connectivity index (χ1n) is 9.14. The standard InChI is InChI=1S/C23H29N/c1-15-11-10-14-19-20(15)24-16(2)17-12-8-9-13-18(17)23(24,7)22(5,6)21(19,3)4/h8-14,16H,1-7H3/t16-,23?/m0/s1. The fraction of sp³-hybridized carbons (Fsp3) is 0.478. The van der Waals surface area contributed by atoms with Crippen LogP contribution in [0, 0.1) is 12.3 Å². The van der Waals surface area contributed by atoms with Gasteiger partial charge in [-0.2, -0.15) is 0 Å². The molecule has 2 heterocycles. The third kappa shape index (κ3) is 1.48. The highest BCUT2D eigenvalue weighted by Gasteiger charge is 2.63. The molecule has 2 aromatic carbocycles. The number of hydrogen-bond acceptors (Lipinski definition) is 1. The summed E-state index contributed by atoms with van der Waals surface area (Å²) in [7, 11) is 0. The Morgan fingerprint density at radius 3 is 2.17 bits per heavy atom. The van der Waals surface area contributed by atoms with Gasteiger partial charge in [0.15, 0.2) is 0 Å². The summed E-state index contributed by atoms with van der Waals surface area (Å²) in [6.07, 6.45) is 0. The predicted molar refractivity (Wildman–Crippen MR) is 103 cm³/mol. The number of aryl methyl sites for hydroxylation is 1. The van der Waals surface area contributed by atoms with Crippen molar-refractivity contribution in [1.82, 2.24) is 0 Å². The molecule has 1 unspecified atom stereocenters. The molecule has 2 aromatic rings. The van der Waals surface area contributed by atoms with Crippen molar-refractivity contribution >= 4 is 5.69 Å². The first-order valence-corrected chi connectivity index (χ1v) is 9.14. The van der Waals surface area contributed by atoms with Crippen molar-refractivity contribution in [2.24, 2.45) is 5.41 Å². The summed E-state index contributed by atoms with van der Waals surface area (Å²) >= 11 is 0. The van der Waals surface area contributed by atoms with E-state index in [4.69, 9.17) is 0 Å². The van der Waals surface area contributed by atoms with Crippen LogP contribution in [0.1, 0.15) is 69.8 Å². The van der Waals surface area contributed by atoms with Crippen molar-refractivity contribution in [3.63, 3.8) is 0 Å². The summed E-state index contributed by atoms with van der Waals surface area (Å²) in [5.74, 6) is 0. The normalized spacial score (nSPS) is 29.0. The van der Waals surface area contributed by atoms with Crippen molar-refractivity contribution in [2.75, 3.05) is 4.90 Å². The molecule has 0 amide bonds. The number of anilines is 1. The zero-order chi connectivity index (χ0) is 17.5. The lowest BCUT2D eigenvalue weighted by Gasteiger charge is -2.62. The molecular weight excluding hydrogens is 290 g/mol. The van der Waals surface area contributed by atoms with Crippen molar-refractivity contribution in [3.8, 4) is 0 Å². The first kappa shape index (κ1) is 15.7. The van der Waals surface area contributed by atoms with Gasteiger partial charge in [-0.15, -0.1) is 0 Å². The molecule has 4 rings (SSSR count). The molecule has 0 saturated heterocycles. The van der Waals surface area contributed by atoms with E-state index < -0.39 is 0 Å². The Morgan fingerprint density at radius 1 is 0.833 bits per heavy atom. The molecule has 2 aliphatic rings. The lowest BCUT2D eigenvalue weighted by atomic mass is 9.51. The number of benzene rings is 2. The molecular formula is C23H29N. The van der Waals surface area contributed by atoms with Crippen LogP contribution in [0.15, 0.2) is 42.5 Å². The summed E-state index contributed by atoms with van der Waals surface area (Å²) in [4.78, 5) is 2.72. The van der Waals surface area contributed by atoms with Gasteiger partial charge in [0.2, 0.25) is 0 Å². The topological polar surface area (TPSA) is 3.24 Å². The van der Waals surface area contributed by atoms with Gasteiger partial charge in [0, 0.05) is 11.1 Å². The maximum absolute atomic E-state index is 2.72. The minimum atomic E-state index is -0.00831. The second kappa shape index (κ2) is 4.45. The van der Waals surface area contributed by atoms with Crippen LogP contribution in [0.25, 0.3) is 0 Å². The fourth-order valence-electron chi connectivity index (χ4n) is 5.44. The van der Waals surface area contributed by atoms with E-state index in [1.807, 2.05) is 0 Å². The van der Waals surface area contributed by atoms with Crippen molar-refractivity contribution < 1.29 is 0 Å². The van der Waals surface area contributed by atoms with Gasteiger partial charge in [-0.3, -0.25) is 0 Å². The van der Waals surface area contributed by atoms with E-state index in [1.54, 1.807) is 0 Å². The van der Waals surface area contributed by atoms with Crippen LogP contribution in [-0.2, 0) is 11.0 Å². The summed E-state index contributed by atoms with van der Waals surface area (Å²) in [5.41, 5.74) is 7.51. The summed E-state index contributed by atoms with van der Waals surface area (Å²) in [5, 5.41) is 0. The van der Waals surface area contributed by atoms with E-state index in [0.29, 0.717) is 6.04 Å². The molecule has 126 valence electrons. The van der Waals surface area contributed by atoms with Crippen LogP contribution >= 0.6 is 0 Å². The Balaban J connectivity index is 2.15. The largest absolute Gasteiger partial charge is 0.354 e. The molecule has 0 aliphatic carbocycles. The molecule has 2 aliphatic heterocycles. The minimum Gasteiger partial charge on any atom is -0.354 e. The SMILES string of the molecule is Cc1cccc2c1N1[C@@H](C)c3ccccc3C1(C)C(C)(C)C2(C)C. The number of para-hydroxylation sites is 1.